The zero-order valence-electron chi connectivity index (χ0n) is 7.73. The van der Waals surface area contributed by atoms with E-state index in [4.69, 9.17) is 5.11 Å². The van der Waals surface area contributed by atoms with Gasteiger partial charge in [0.05, 0.1) is 0 Å². The maximum absolute atomic E-state index is 9.76. The van der Waals surface area contributed by atoms with E-state index in [1.807, 2.05) is 6.92 Å². The maximum Gasteiger partial charge on any atom is 0.303 e. The van der Waals surface area contributed by atoms with Crippen molar-refractivity contribution in [2.45, 2.75) is 26.2 Å². The van der Waals surface area contributed by atoms with Crippen LogP contribution in [0.15, 0.2) is 12.7 Å². The minimum absolute atomic E-state index is 0.139. The predicted octanol–water partition coefficient (Wildman–Crippen LogP) is 1.71. The second kappa shape index (κ2) is 10.6. The molecule has 0 amide bonds. The summed E-state index contributed by atoms with van der Waals surface area (Å²) in [6, 6.07) is 0. The molecule has 0 fully saturated rings. The van der Waals surface area contributed by atoms with Crippen molar-refractivity contribution in [2.75, 3.05) is 6.54 Å². The van der Waals surface area contributed by atoms with Crippen LogP contribution in [0.3, 0.4) is 0 Å². The average molecular weight is 189 g/mol. The molecule has 0 aliphatic heterocycles. The van der Waals surface area contributed by atoms with Crippen molar-refractivity contribution in [1.82, 2.24) is 0 Å². The molecule has 0 aliphatic carbocycles. The van der Waals surface area contributed by atoms with Crippen molar-refractivity contribution < 1.29 is 14.8 Å². The van der Waals surface area contributed by atoms with Crippen LogP contribution in [0.4, 0.5) is 0 Å². The van der Waals surface area contributed by atoms with E-state index in [0.29, 0.717) is 6.42 Å². The third kappa shape index (κ3) is 25.0. The van der Waals surface area contributed by atoms with Crippen molar-refractivity contribution in [2.24, 2.45) is 0 Å². The van der Waals surface area contributed by atoms with Crippen LogP contribution >= 0.6 is 0 Å². The van der Waals surface area contributed by atoms with E-state index < -0.39 is 10.9 Å². The van der Waals surface area contributed by atoms with Gasteiger partial charge in [0.2, 0.25) is 6.54 Å². The highest BCUT2D eigenvalue weighted by Gasteiger charge is 1.90. The molecule has 0 aromatic heterocycles. The van der Waals surface area contributed by atoms with Crippen molar-refractivity contribution in [3.63, 3.8) is 0 Å². The molecule has 0 aromatic carbocycles. The third-order valence-corrected chi connectivity index (χ3v) is 1.02. The molecule has 76 valence electrons. The fraction of sp³-hybridized carbons (Fsp3) is 0.625. The number of carboxylic acid groups (broad SMARTS) is 1. The summed E-state index contributed by atoms with van der Waals surface area (Å²) in [5.41, 5.74) is 0. The van der Waals surface area contributed by atoms with Gasteiger partial charge in [0.25, 0.3) is 0 Å². The number of rotatable bonds is 5. The van der Waals surface area contributed by atoms with Gasteiger partial charge >= 0.3 is 5.97 Å². The Hall–Kier alpha value is -1.39. The normalized spacial score (nSPS) is 8.08. The Labute approximate surface area is 77.2 Å². The molecule has 1 N–H and O–H groups in total. The van der Waals surface area contributed by atoms with Crippen LogP contribution in [0.2, 0.25) is 0 Å². The fourth-order valence-electron chi connectivity index (χ4n) is 0.433. The molecule has 0 unspecified atom stereocenters. The SMILES string of the molecule is C=CC[N+](=O)[O-].CCCCC(=O)O. The predicted molar refractivity (Wildman–Crippen MR) is 49.2 cm³/mol. The molecular formula is C8H15NO4. The van der Waals surface area contributed by atoms with Gasteiger partial charge in [0.1, 0.15) is 0 Å². The van der Waals surface area contributed by atoms with Gasteiger partial charge in [-0.3, -0.25) is 14.9 Å². The van der Waals surface area contributed by atoms with Gasteiger partial charge in [-0.2, -0.15) is 0 Å². The number of unbranched alkanes of at least 4 members (excludes halogenated alkanes) is 1. The lowest BCUT2D eigenvalue weighted by molar-refractivity contribution is -0.468. The largest absolute Gasteiger partial charge is 0.481 e. The van der Waals surface area contributed by atoms with E-state index in [9.17, 15) is 14.9 Å². The standard InChI is InChI=1S/C5H10O2.C3H5NO2/c1-2-3-4-5(6)7;1-2-3-4(5)6/h2-4H2,1H3,(H,6,7);2H,1,3H2. The summed E-state index contributed by atoms with van der Waals surface area (Å²) in [5, 5.41) is 17.4. The fourth-order valence-corrected chi connectivity index (χ4v) is 0.433. The summed E-state index contributed by atoms with van der Waals surface area (Å²) < 4.78 is 0. The van der Waals surface area contributed by atoms with Crippen molar-refractivity contribution in [1.29, 1.82) is 0 Å². The molecule has 0 aromatic rings. The molecule has 0 rings (SSSR count). The van der Waals surface area contributed by atoms with Crippen molar-refractivity contribution in [3.05, 3.63) is 22.8 Å². The summed E-state index contributed by atoms with van der Waals surface area (Å²) in [7, 11) is 0. The highest BCUT2D eigenvalue weighted by atomic mass is 16.6. The van der Waals surface area contributed by atoms with E-state index in [1.54, 1.807) is 0 Å². The van der Waals surface area contributed by atoms with Gasteiger partial charge in [-0.1, -0.05) is 19.9 Å². The quantitative estimate of drug-likeness (QED) is 0.405. The second-order valence-electron chi connectivity index (χ2n) is 2.30. The molecule has 0 saturated heterocycles. The minimum Gasteiger partial charge on any atom is -0.481 e. The molecular weight excluding hydrogens is 174 g/mol. The van der Waals surface area contributed by atoms with Crippen LogP contribution in [0.1, 0.15) is 26.2 Å². The molecule has 5 nitrogen and oxygen atoms in total. The van der Waals surface area contributed by atoms with E-state index in [1.165, 1.54) is 6.08 Å². The molecule has 0 aliphatic rings. The first kappa shape index (κ1) is 14.2. The van der Waals surface area contributed by atoms with Crippen LogP contribution in [0.25, 0.3) is 0 Å². The number of nitro groups is 1. The van der Waals surface area contributed by atoms with Crippen LogP contribution in [-0.2, 0) is 4.79 Å². The number of carboxylic acids is 1. The number of nitrogens with zero attached hydrogens (tertiary/aromatic N) is 1. The number of hydrogen-bond acceptors (Lipinski definition) is 3. The summed E-state index contributed by atoms with van der Waals surface area (Å²) >= 11 is 0. The molecule has 0 spiro atoms. The average Bonchev–Trinajstić information content (AvgIpc) is 2.01. The number of aliphatic carboxylic acids is 1. The summed E-state index contributed by atoms with van der Waals surface area (Å²) in [6.07, 6.45) is 3.33. The Morgan fingerprint density at radius 1 is 1.69 bits per heavy atom. The molecule has 0 radical (unpaired) electrons. The minimum atomic E-state index is -0.693. The lowest BCUT2D eigenvalue weighted by atomic mass is 10.3. The second-order valence-corrected chi connectivity index (χ2v) is 2.30. The Bertz CT molecular complexity index is 168. The molecule has 0 bridgehead atoms. The first-order valence-electron chi connectivity index (χ1n) is 3.99. The monoisotopic (exact) mass is 189 g/mol. The smallest absolute Gasteiger partial charge is 0.303 e. The third-order valence-electron chi connectivity index (χ3n) is 1.02. The topological polar surface area (TPSA) is 80.4 Å². The van der Waals surface area contributed by atoms with Gasteiger partial charge in [-0.05, 0) is 12.5 Å². The van der Waals surface area contributed by atoms with Crippen LogP contribution < -0.4 is 0 Å². The Morgan fingerprint density at radius 2 is 2.23 bits per heavy atom. The highest BCUT2D eigenvalue weighted by molar-refractivity contribution is 5.66. The van der Waals surface area contributed by atoms with E-state index >= 15 is 0 Å². The van der Waals surface area contributed by atoms with Crippen LogP contribution in [-0.4, -0.2) is 22.5 Å². The number of carbonyl (C=O) groups is 1. The van der Waals surface area contributed by atoms with Gasteiger partial charge in [0, 0.05) is 11.3 Å². The van der Waals surface area contributed by atoms with Gasteiger partial charge in [-0.15, -0.1) is 0 Å². The van der Waals surface area contributed by atoms with Gasteiger partial charge in [0.15, 0.2) is 0 Å². The van der Waals surface area contributed by atoms with Crippen molar-refractivity contribution >= 4 is 5.97 Å². The summed E-state index contributed by atoms with van der Waals surface area (Å²) in [5.74, 6) is -0.693. The molecule has 0 saturated carbocycles. The number of hydrogen-bond donors (Lipinski definition) is 1. The first-order valence-corrected chi connectivity index (χ1v) is 3.99. The molecule has 0 heterocycles. The summed E-state index contributed by atoms with van der Waals surface area (Å²) in [4.78, 5) is 18.7. The van der Waals surface area contributed by atoms with Crippen LogP contribution in [0, 0.1) is 10.1 Å². The summed E-state index contributed by atoms with van der Waals surface area (Å²) in [6.45, 7) is 5.00. The molecule has 0 atom stereocenters. The van der Waals surface area contributed by atoms with E-state index in [-0.39, 0.29) is 6.54 Å². The van der Waals surface area contributed by atoms with Gasteiger partial charge < -0.3 is 5.11 Å². The Kier molecular flexibility index (Phi) is 11.6. The lowest BCUT2D eigenvalue weighted by Gasteiger charge is -1.85. The lowest BCUT2D eigenvalue weighted by Crippen LogP contribution is -1.94. The van der Waals surface area contributed by atoms with E-state index in [2.05, 4.69) is 6.58 Å². The maximum atomic E-state index is 9.76. The highest BCUT2D eigenvalue weighted by Crippen LogP contribution is 1.91. The zero-order valence-corrected chi connectivity index (χ0v) is 7.73. The van der Waals surface area contributed by atoms with Crippen LogP contribution in [0.5, 0.6) is 0 Å². The molecule has 5 heteroatoms. The Morgan fingerprint density at radius 3 is 2.31 bits per heavy atom. The van der Waals surface area contributed by atoms with Crippen molar-refractivity contribution in [3.8, 4) is 0 Å². The Balaban J connectivity index is 0. The molecule has 13 heavy (non-hydrogen) atoms. The zero-order chi connectivity index (χ0) is 10.7. The van der Waals surface area contributed by atoms with E-state index in [0.717, 1.165) is 12.8 Å². The first-order chi connectivity index (χ1) is 6.04. The van der Waals surface area contributed by atoms with Gasteiger partial charge in [-0.25, -0.2) is 0 Å².